The molecule has 4 rings (SSSR count). The first-order chi connectivity index (χ1) is 11.7. The Hall–Kier alpha value is -2.24. The molecule has 4 nitrogen and oxygen atoms in total. The molecule has 0 radical (unpaired) electrons. The Balaban J connectivity index is 1.46. The number of thiazole rings is 1. The number of nitrogens with one attached hydrogen (secondary N) is 1. The molecule has 0 saturated carbocycles. The van der Waals surface area contributed by atoms with Crippen LogP contribution in [0.5, 0.6) is 0 Å². The largest absolute Gasteiger partial charge is 0.338 e. The zero-order valence-electron chi connectivity index (χ0n) is 13.5. The number of carbonyl (C=O) groups excluding carboxylic acids is 1. The van der Waals surface area contributed by atoms with Crippen molar-refractivity contribution in [3.63, 3.8) is 0 Å². The molecule has 2 heterocycles. The molecule has 1 aromatic heterocycles. The number of amides is 1. The molecule has 2 aromatic carbocycles. The van der Waals surface area contributed by atoms with E-state index in [-0.39, 0.29) is 11.9 Å². The van der Waals surface area contributed by atoms with Crippen molar-refractivity contribution < 1.29 is 4.79 Å². The van der Waals surface area contributed by atoms with Crippen molar-refractivity contribution in [2.75, 3.05) is 7.05 Å². The van der Waals surface area contributed by atoms with Crippen molar-refractivity contribution in [2.45, 2.75) is 25.6 Å². The highest BCUT2D eigenvalue weighted by atomic mass is 32.1. The van der Waals surface area contributed by atoms with Crippen molar-refractivity contribution in [2.24, 2.45) is 0 Å². The van der Waals surface area contributed by atoms with E-state index in [1.54, 1.807) is 16.2 Å². The summed E-state index contributed by atoms with van der Waals surface area (Å²) >= 11 is 1.65. The Morgan fingerprint density at radius 3 is 2.79 bits per heavy atom. The lowest BCUT2D eigenvalue weighted by Crippen LogP contribution is -2.48. The van der Waals surface area contributed by atoms with E-state index >= 15 is 0 Å². The van der Waals surface area contributed by atoms with Crippen LogP contribution in [-0.2, 0) is 24.3 Å². The van der Waals surface area contributed by atoms with E-state index in [1.807, 2.05) is 37.4 Å². The third-order valence-corrected chi connectivity index (χ3v) is 5.49. The molecule has 1 atom stereocenters. The monoisotopic (exact) mass is 337 g/mol. The summed E-state index contributed by atoms with van der Waals surface area (Å²) in [5.41, 5.74) is 3.56. The van der Waals surface area contributed by atoms with E-state index in [1.165, 1.54) is 11.1 Å². The molecule has 0 spiro atoms. The van der Waals surface area contributed by atoms with Gasteiger partial charge in [0.1, 0.15) is 5.01 Å². The molecular formula is C19H19N3OS. The van der Waals surface area contributed by atoms with Crippen LogP contribution in [0.3, 0.4) is 0 Å². The number of hydrogen-bond acceptors (Lipinski definition) is 4. The molecule has 5 heteroatoms. The molecule has 1 aliphatic heterocycles. The molecule has 0 bridgehead atoms. The molecule has 3 aromatic rings. The van der Waals surface area contributed by atoms with E-state index < -0.39 is 0 Å². The van der Waals surface area contributed by atoms with Crippen LogP contribution in [0.1, 0.15) is 16.1 Å². The predicted molar refractivity (Wildman–Crippen MR) is 96.9 cm³/mol. The summed E-state index contributed by atoms with van der Waals surface area (Å²) in [6.07, 6.45) is 0.749. The van der Waals surface area contributed by atoms with E-state index in [2.05, 4.69) is 28.5 Å². The maximum atomic E-state index is 12.8. The van der Waals surface area contributed by atoms with E-state index in [0.717, 1.165) is 28.2 Å². The molecule has 1 amide bonds. The lowest BCUT2D eigenvalue weighted by molar-refractivity contribution is -0.132. The van der Waals surface area contributed by atoms with E-state index in [0.29, 0.717) is 6.54 Å². The van der Waals surface area contributed by atoms with Crippen molar-refractivity contribution >= 4 is 27.5 Å². The number of likely N-dealkylation sites (N-methyl/N-ethyl adjacent to an activating group) is 1. The molecule has 1 aliphatic rings. The van der Waals surface area contributed by atoms with Gasteiger partial charge in [0, 0.05) is 13.6 Å². The lowest BCUT2D eigenvalue weighted by Gasteiger charge is -2.28. The van der Waals surface area contributed by atoms with Gasteiger partial charge < -0.3 is 10.2 Å². The number of carbonyl (C=O) groups is 1. The van der Waals surface area contributed by atoms with Crippen molar-refractivity contribution in [1.29, 1.82) is 0 Å². The third kappa shape index (κ3) is 2.92. The molecule has 0 saturated heterocycles. The number of hydrogen-bond donors (Lipinski definition) is 1. The van der Waals surface area contributed by atoms with Crippen LogP contribution in [0.25, 0.3) is 10.2 Å². The van der Waals surface area contributed by atoms with Crippen LogP contribution in [0, 0.1) is 0 Å². The van der Waals surface area contributed by atoms with Crippen LogP contribution in [-0.4, -0.2) is 28.9 Å². The second-order valence-corrected chi connectivity index (χ2v) is 7.29. The Morgan fingerprint density at radius 1 is 1.21 bits per heavy atom. The maximum absolute atomic E-state index is 12.8. The zero-order valence-corrected chi connectivity index (χ0v) is 14.3. The van der Waals surface area contributed by atoms with Crippen molar-refractivity contribution in [3.8, 4) is 0 Å². The number of fused-ring (bicyclic) bond motifs is 2. The van der Waals surface area contributed by atoms with Gasteiger partial charge in [-0.25, -0.2) is 4.98 Å². The summed E-state index contributed by atoms with van der Waals surface area (Å²) in [6.45, 7) is 1.31. The van der Waals surface area contributed by atoms with Crippen molar-refractivity contribution in [1.82, 2.24) is 15.2 Å². The van der Waals surface area contributed by atoms with E-state index in [4.69, 9.17) is 0 Å². The first-order valence-corrected chi connectivity index (χ1v) is 8.92. The summed E-state index contributed by atoms with van der Waals surface area (Å²) in [5, 5.41) is 4.34. The van der Waals surface area contributed by atoms with Crippen LogP contribution >= 0.6 is 11.3 Å². The second-order valence-electron chi connectivity index (χ2n) is 6.18. The average molecular weight is 337 g/mol. The van der Waals surface area contributed by atoms with Gasteiger partial charge in [0.05, 0.1) is 22.8 Å². The number of nitrogens with zero attached hydrogens (tertiary/aromatic N) is 2. The van der Waals surface area contributed by atoms with Crippen molar-refractivity contribution in [3.05, 3.63) is 64.7 Å². The number of benzene rings is 2. The Morgan fingerprint density at radius 2 is 1.96 bits per heavy atom. The Bertz CT molecular complexity index is 856. The lowest BCUT2D eigenvalue weighted by atomic mass is 9.95. The summed E-state index contributed by atoms with van der Waals surface area (Å²) < 4.78 is 1.16. The minimum absolute atomic E-state index is 0.128. The fourth-order valence-electron chi connectivity index (χ4n) is 3.16. The molecule has 1 unspecified atom stereocenters. The Kier molecular flexibility index (Phi) is 4.04. The maximum Gasteiger partial charge on any atom is 0.240 e. The minimum atomic E-state index is -0.153. The predicted octanol–water partition coefficient (Wildman–Crippen LogP) is 2.97. The first kappa shape index (κ1) is 15.3. The van der Waals surface area contributed by atoms with Crippen LogP contribution < -0.4 is 5.32 Å². The van der Waals surface area contributed by atoms with E-state index in [9.17, 15) is 4.79 Å². The van der Waals surface area contributed by atoms with Crippen LogP contribution in [0.2, 0.25) is 0 Å². The van der Waals surface area contributed by atoms with Crippen LogP contribution in [0.4, 0.5) is 0 Å². The molecule has 1 N–H and O–H groups in total. The average Bonchev–Trinajstić information content (AvgIpc) is 3.02. The molecule has 24 heavy (non-hydrogen) atoms. The van der Waals surface area contributed by atoms with Gasteiger partial charge in [0.2, 0.25) is 5.91 Å². The summed E-state index contributed by atoms with van der Waals surface area (Å²) in [6, 6.07) is 16.2. The minimum Gasteiger partial charge on any atom is -0.338 e. The number of rotatable bonds is 3. The fourth-order valence-corrected chi connectivity index (χ4v) is 4.18. The molecule has 0 fully saturated rings. The van der Waals surface area contributed by atoms with Gasteiger partial charge in [0.15, 0.2) is 0 Å². The van der Waals surface area contributed by atoms with Gasteiger partial charge in [-0.3, -0.25) is 4.79 Å². The molecule has 122 valence electrons. The quantitative estimate of drug-likeness (QED) is 0.799. The fraction of sp³-hybridized carbons (Fsp3) is 0.263. The van der Waals surface area contributed by atoms with Gasteiger partial charge in [-0.1, -0.05) is 36.4 Å². The topological polar surface area (TPSA) is 45.2 Å². The number of aromatic nitrogens is 1. The highest BCUT2D eigenvalue weighted by Gasteiger charge is 2.26. The molecule has 0 aliphatic carbocycles. The van der Waals surface area contributed by atoms with Gasteiger partial charge in [-0.15, -0.1) is 11.3 Å². The highest BCUT2D eigenvalue weighted by molar-refractivity contribution is 7.18. The smallest absolute Gasteiger partial charge is 0.240 e. The van der Waals surface area contributed by atoms with Gasteiger partial charge in [0.25, 0.3) is 0 Å². The summed E-state index contributed by atoms with van der Waals surface area (Å²) in [7, 11) is 1.86. The second kappa shape index (κ2) is 6.34. The number of para-hydroxylation sites is 1. The van der Waals surface area contributed by atoms with Crippen LogP contribution in [0.15, 0.2) is 48.5 Å². The summed E-state index contributed by atoms with van der Waals surface area (Å²) in [5.74, 6) is 0.128. The van der Waals surface area contributed by atoms with Gasteiger partial charge in [-0.2, -0.15) is 0 Å². The first-order valence-electron chi connectivity index (χ1n) is 8.10. The molecular weight excluding hydrogens is 318 g/mol. The zero-order chi connectivity index (χ0) is 16.5. The van der Waals surface area contributed by atoms with Gasteiger partial charge in [-0.05, 0) is 29.7 Å². The summed E-state index contributed by atoms with van der Waals surface area (Å²) in [4.78, 5) is 19.2. The van der Waals surface area contributed by atoms with Gasteiger partial charge >= 0.3 is 0 Å². The standard InChI is InChI=1S/C19H19N3OS/c1-22(12-18-21-15-8-4-5-9-17(15)24-18)19(23)16-10-13-6-2-3-7-14(13)11-20-16/h2-9,16,20H,10-12H2,1H3. The highest BCUT2D eigenvalue weighted by Crippen LogP contribution is 2.23. The SMILES string of the molecule is CN(Cc1nc2ccccc2s1)C(=O)C1Cc2ccccc2CN1. The Labute approximate surface area is 145 Å². The third-order valence-electron chi connectivity index (χ3n) is 4.47. The normalized spacial score (nSPS) is 16.8.